The molecule has 0 saturated heterocycles. The number of nitrogens with one attached hydrogen (secondary N) is 3. The minimum atomic E-state index is -0.305. The van der Waals surface area contributed by atoms with E-state index in [1.807, 2.05) is 26.0 Å². The lowest BCUT2D eigenvalue weighted by atomic mass is 10.2. The molecule has 3 rings (SSSR count). The molecule has 0 aliphatic carbocycles. The van der Waals surface area contributed by atoms with Crippen molar-refractivity contribution in [2.45, 2.75) is 13.8 Å². The van der Waals surface area contributed by atoms with Gasteiger partial charge in [-0.15, -0.1) is 0 Å². The Morgan fingerprint density at radius 2 is 1.64 bits per heavy atom. The van der Waals surface area contributed by atoms with E-state index in [2.05, 4.69) is 36.1 Å². The van der Waals surface area contributed by atoms with Crippen LogP contribution in [0.5, 0.6) is 0 Å². The molecule has 126 valence electrons. The molecule has 25 heavy (non-hydrogen) atoms. The van der Waals surface area contributed by atoms with Crippen molar-refractivity contribution >= 4 is 23.5 Å². The molecular weight excluding hydrogens is 318 g/mol. The number of hydrazine groups is 1. The Morgan fingerprint density at radius 3 is 2.36 bits per heavy atom. The number of hydrogen-bond acceptors (Lipinski definition) is 7. The van der Waals surface area contributed by atoms with E-state index >= 15 is 0 Å². The number of carbonyl (C=O) groups is 1. The molecule has 3 aromatic rings. The Hall–Kier alpha value is -3.55. The minimum Gasteiger partial charge on any atom is -0.324 e. The molecular formula is C17H17N7O. The highest BCUT2D eigenvalue weighted by atomic mass is 16.2. The van der Waals surface area contributed by atoms with Crippen LogP contribution < -0.4 is 16.2 Å². The maximum atomic E-state index is 12.3. The van der Waals surface area contributed by atoms with E-state index in [1.165, 1.54) is 0 Å². The lowest BCUT2D eigenvalue weighted by molar-refractivity contribution is 0.0962. The van der Waals surface area contributed by atoms with Gasteiger partial charge in [-0.25, -0.2) is 19.9 Å². The summed E-state index contributed by atoms with van der Waals surface area (Å²) >= 11 is 0. The van der Waals surface area contributed by atoms with Gasteiger partial charge in [-0.1, -0.05) is 6.07 Å². The first-order valence-corrected chi connectivity index (χ1v) is 7.63. The summed E-state index contributed by atoms with van der Waals surface area (Å²) in [5.41, 5.74) is 8.13. The molecule has 1 amide bonds. The van der Waals surface area contributed by atoms with Gasteiger partial charge in [0.15, 0.2) is 0 Å². The normalized spacial score (nSPS) is 10.2. The Labute approximate surface area is 144 Å². The van der Waals surface area contributed by atoms with Crippen LogP contribution in [0.1, 0.15) is 21.7 Å². The van der Waals surface area contributed by atoms with Crippen molar-refractivity contribution in [3.8, 4) is 0 Å². The van der Waals surface area contributed by atoms with Crippen LogP contribution in [0.15, 0.2) is 48.8 Å². The first-order chi connectivity index (χ1) is 12.1. The minimum absolute atomic E-state index is 0.305. The molecule has 8 heteroatoms. The third-order valence-electron chi connectivity index (χ3n) is 3.22. The molecule has 1 aromatic carbocycles. The summed E-state index contributed by atoms with van der Waals surface area (Å²) in [5, 5.41) is 3.04. The molecule has 0 radical (unpaired) electrons. The molecule has 0 saturated carbocycles. The van der Waals surface area contributed by atoms with Crippen LogP contribution in [-0.2, 0) is 0 Å². The van der Waals surface area contributed by atoms with E-state index in [-0.39, 0.29) is 5.91 Å². The number of aryl methyl sites for hydroxylation is 2. The van der Waals surface area contributed by atoms with E-state index in [1.54, 1.807) is 36.7 Å². The van der Waals surface area contributed by atoms with Gasteiger partial charge in [0, 0.05) is 35.0 Å². The molecule has 2 aromatic heterocycles. The van der Waals surface area contributed by atoms with Crippen molar-refractivity contribution in [1.29, 1.82) is 0 Å². The maximum Gasteiger partial charge on any atom is 0.269 e. The molecule has 0 bridgehead atoms. The van der Waals surface area contributed by atoms with Gasteiger partial charge in [-0.05, 0) is 44.2 Å². The van der Waals surface area contributed by atoms with Gasteiger partial charge in [-0.2, -0.15) is 0 Å². The second-order valence-corrected chi connectivity index (χ2v) is 5.33. The van der Waals surface area contributed by atoms with E-state index in [9.17, 15) is 4.79 Å². The zero-order valence-electron chi connectivity index (χ0n) is 13.8. The van der Waals surface area contributed by atoms with Crippen molar-refractivity contribution in [3.05, 3.63) is 65.7 Å². The highest BCUT2D eigenvalue weighted by molar-refractivity contribution is 5.95. The van der Waals surface area contributed by atoms with Gasteiger partial charge in [0.2, 0.25) is 11.9 Å². The standard InChI is InChI=1S/C17H17N7O/c1-11-9-12(2)21-17(20-11)24-23-15(25)13-5-3-6-14(10-13)22-16-18-7-4-8-19-16/h3-10H,1-2H3,(H,23,25)(H,18,19,22)(H,20,21,24). The van der Waals surface area contributed by atoms with E-state index in [4.69, 9.17) is 0 Å². The largest absolute Gasteiger partial charge is 0.324 e. The van der Waals surface area contributed by atoms with Crippen molar-refractivity contribution in [3.63, 3.8) is 0 Å². The monoisotopic (exact) mass is 335 g/mol. The first-order valence-electron chi connectivity index (χ1n) is 7.63. The molecule has 0 spiro atoms. The fraction of sp³-hybridized carbons (Fsp3) is 0.118. The van der Waals surface area contributed by atoms with Gasteiger partial charge in [0.25, 0.3) is 5.91 Å². The van der Waals surface area contributed by atoms with Crippen molar-refractivity contribution in [2.75, 3.05) is 10.7 Å². The van der Waals surface area contributed by atoms with Crippen LogP contribution in [0.3, 0.4) is 0 Å². The number of aromatic nitrogens is 4. The third-order valence-corrected chi connectivity index (χ3v) is 3.22. The van der Waals surface area contributed by atoms with Gasteiger partial charge < -0.3 is 5.32 Å². The highest BCUT2D eigenvalue weighted by Gasteiger charge is 2.08. The molecule has 8 nitrogen and oxygen atoms in total. The Balaban J connectivity index is 1.67. The van der Waals surface area contributed by atoms with Gasteiger partial charge >= 0.3 is 0 Å². The predicted molar refractivity (Wildman–Crippen MR) is 94.4 cm³/mol. The molecule has 0 aliphatic rings. The maximum absolute atomic E-state index is 12.3. The van der Waals surface area contributed by atoms with E-state index < -0.39 is 0 Å². The predicted octanol–water partition coefficient (Wildman–Crippen LogP) is 2.38. The molecule has 0 atom stereocenters. The second-order valence-electron chi connectivity index (χ2n) is 5.33. The van der Waals surface area contributed by atoms with Gasteiger partial charge in [0.05, 0.1) is 0 Å². The van der Waals surface area contributed by atoms with Crippen LogP contribution in [0.2, 0.25) is 0 Å². The summed E-state index contributed by atoms with van der Waals surface area (Å²) < 4.78 is 0. The number of anilines is 3. The van der Waals surface area contributed by atoms with Crippen LogP contribution in [0.25, 0.3) is 0 Å². The smallest absolute Gasteiger partial charge is 0.269 e. The fourth-order valence-electron chi connectivity index (χ4n) is 2.20. The Kier molecular flexibility index (Phi) is 4.79. The van der Waals surface area contributed by atoms with Crippen LogP contribution in [0.4, 0.5) is 17.6 Å². The van der Waals surface area contributed by atoms with Gasteiger partial charge in [0.1, 0.15) is 0 Å². The van der Waals surface area contributed by atoms with Crippen molar-refractivity contribution in [1.82, 2.24) is 25.4 Å². The molecule has 0 unspecified atom stereocenters. The first kappa shape index (κ1) is 16.3. The zero-order valence-corrected chi connectivity index (χ0v) is 13.8. The second kappa shape index (κ2) is 7.35. The Bertz CT molecular complexity index is 863. The molecule has 0 aliphatic heterocycles. The summed E-state index contributed by atoms with van der Waals surface area (Å²) in [6, 6.07) is 10.6. The third kappa shape index (κ3) is 4.47. The summed E-state index contributed by atoms with van der Waals surface area (Å²) in [6.45, 7) is 3.73. The van der Waals surface area contributed by atoms with Crippen LogP contribution in [0, 0.1) is 13.8 Å². The molecule has 3 N–H and O–H groups in total. The summed E-state index contributed by atoms with van der Waals surface area (Å²) in [5.74, 6) is 0.500. The van der Waals surface area contributed by atoms with Crippen molar-refractivity contribution < 1.29 is 4.79 Å². The summed E-state index contributed by atoms with van der Waals surface area (Å²) in [6.07, 6.45) is 3.28. The van der Waals surface area contributed by atoms with Crippen molar-refractivity contribution in [2.24, 2.45) is 0 Å². The number of nitrogens with zero attached hydrogens (tertiary/aromatic N) is 4. The number of hydrogen-bond donors (Lipinski definition) is 3. The van der Waals surface area contributed by atoms with Crippen LogP contribution >= 0.6 is 0 Å². The van der Waals surface area contributed by atoms with E-state index in [0.717, 1.165) is 11.4 Å². The molecule has 0 fully saturated rings. The topological polar surface area (TPSA) is 105 Å². The number of carbonyl (C=O) groups excluding carboxylic acids is 1. The average Bonchev–Trinajstić information content (AvgIpc) is 2.60. The summed E-state index contributed by atoms with van der Waals surface area (Å²) in [7, 11) is 0. The Morgan fingerprint density at radius 1 is 0.920 bits per heavy atom. The number of rotatable bonds is 5. The number of amides is 1. The zero-order chi connectivity index (χ0) is 17.6. The number of benzene rings is 1. The van der Waals surface area contributed by atoms with Gasteiger partial charge in [-0.3, -0.25) is 15.6 Å². The molecule has 2 heterocycles. The quantitative estimate of drug-likeness (QED) is 0.615. The average molecular weight is 335 g/mol. The van der Waals surface area contributed by atoms with Crippen LogP contribution in [-0.4, -0.2) is 25.8 Å². The van der Waals surface area contributed by atoms with E-state index in [0.29, 0.717) is 23.1 Å². The fourth-order valence-corrected chi connectivity index (χ4v) is 2.20. The summed E-state index contributed by atoms with van der Waals surface area (Å²) in [4.78, 5) is 28.9. The highest BCUT2D eigenvalue weighted by Crippen LogP contribution is 2.14. The lowest BCUT2D eigenvalue weighted by Gasteiger charge is -2.09. The lowest BCUT2D eigenvalue weighted by Crippen LogP contribution is -2.30. The SMILES string of the molecule is Cc1cc(C)nc(NNC(=O)c2cccc(Nc3ncccn3)c2)n1.